The number of benzene rings is 3. The van der Waals surface area contributed by atoms with Crippen molar-refractivity contribution >= 4 is 34.8 Å². The van der Waals surface area contributed by atoms with Crippen molar-refractivity contribution in [2.24, 2.45) is 0 Å². The molecule has 3 aromatic rings. The number of rotatable bonds is 7. The third-order valence-electron chi connectivity index (χ3n) is 4.16. The van der Waals surface area contributed by atoms with Crippen LogP contribution in [0.15, 0.2) is 60.7 Å². The number of nitrogens with one attached hydrogen (secondary N) is 1. The van der Waals surface area contributed by atoms with Crippen LogP contribution in [0.2, 0.25) is 10.0 Å². The summed E-state index contributed by atoms with van der Waals surface area (Å²) < 4.78 is 16.4. The fourth-order valence-corrected chi connectivity index (χ4v) is 3.13. The van der Waals surface area contributed by atoms with Crippen molar-refractivity contribution in [3.05, 3.63) is 81.8 Å². The fraction of sp³-hybridized carbons (Fsp3) is 0.136. The van der Waals surface area contributed by atoms with Gasteiger partial charge in [-0.1, -0.05) is 29.3 Å². The molecule has 1 N–H and O–H groups in total. The van der Waals surface area contributed by atoms with Gasteiger partial charge in [0.1, 0.15) is 23.9 Å². The Kier molecular flexibility index (Phi) is 6.86. The second-order valence-electron chi connectivity index (χ2n) is 6.07. The van der Waals surface area contributed by atoms with E-state index in [4.69, 9.17) is 37.4 Å². The van der Waals surface area contributed by atoms with Crippen LogP contribution in [0.25, 0.3) is 0 Å². The summed E-state index contributed by atoms with van der Waals surface area (Å²) in [4.78, 5) is 12.7. The number of ether oxygens (including phenoxy) is 3. The van der Waals surface area contributed by atoms with Crippen LogP contribution < -0.4 is 19.5 Å². The Bertz CT molecular complexity index is 1020. The Morgan fingerprint density at radius 3 is 2.45 bits per heavy atom. The summed E-state index contributed by atoms with van der Waals surface area (Å²) in [5.74, 6) is 1.66. The van der Waals surface area contributed by atoms with Crippen molar-refractivity contribution in [3.8, 4) is 17.2 Å². The lowest BCUT2D eigenvalue weighted by Crippen LogP contribution is -2.13. The summed E-state index contributed by atoms with van der Waals surface area (Å²) in [6, 6.07) is 17.3. The molecule has 3 aromatic carbocycles. The molecule has 0 saturated heterocycles. The van der Waals surface area contributed by atoms with Gasteiger partial charge in [0.25, 0.3) is 5.91 Å². The zero-order valence-electron chi connectivity index (χ0n) is 15.9. The zero-order chi connectivity index (χ0) is 20.8. The molecule has 0 unspecified atom stereocenters. The fourth-order valence-electron chi connectivity index (χ4n) is 2.67. The Morgan fingerprint density at radius 1 is 0.931 bits per heavy atom. The first-order valence-corrected chi connectivity index (χ1v) is 9.46. The van der Waals surface area contributed by atoms with Crippen molar-refractivity contribution in [2.75, 3.05) is 19.5 Å². The van der Waals surface area contributed by atoms with Crippen molar-refractivity contribution in [3.63, 3.8) is 0 Å². The average molecular weight is 432 g/mol. The summed E-state index contributed by atoms with van der Waals surface area (Å²) in [6.45, 7) is 0.221. The first kappa shape index (κ1) is 20.8. The van der Waals surface area contributed by atoms with E-state index >= 15 is 0 Å². The van der Waals surface area contributed by atoms with Crippen LogP contribution in [0.3, 0.4) is 0 Å². The number of amides is 1. The van der Waals surface area contributed by atoms with Crippen molar-refractivity contribution in [2.45, 2.75) is 6.61 Å². The summed E-state index contributed by atoms with van der Waals surface area (Å²) in [6.07, 6.45) is 0. The maximum absolute atomic E-state index is 12.7. The highest BCUT2D eigenvalue weighted by molar-refractivity contribution is 6.36. The van der Waals surface area contributed by atoms with E-state index in [1.807, 2.05) is 18.2 Å². The number of methoxy groups -OCH3 is 2. The average Bonchev–Trinajstić information content (AvgIpc) is 2.74. The Labute approximate surface area is 179 Å². The summed E-state index contributed by atoms with van der Waals surface area (Å²) in [5.41, 5.74) is 1.65. The predicted molar refractivity (Wildman–Crippen MR) is 115 cm³/mol. The summed E-state index contributed by atoms with van der Waals surface area (Å²) >= 11 is 12.0. The third kappa shape index (κ3) is 5.34. The monoisotopic (exact) mass is 431 g/mol. The first-order chi connectivity index (χ1) is 14.0. The predicted octanol–water partition coefficient (Wildman–Crippen LogP) is 5.84. The number of carbonyl (C=O) groups is 1. The van der Waals surface area contributed by atoms with Gasteiger partial charge in [0, 0.05) is 22.2 Å². The number of carbonyl (C=O) groups excluding carboxylic acids is 1. The minimum absolute atomic E-state index is 0.221. The summed E-state index contributed by atoms with van der Waals surface area (Å²) in [5, 5.41) is 3.64. The molecule has 0 bridgehead atoms. The molecule has 150 valence electrons. The van der Waals surface area contributed by atoms with Crippen molar-refractivity contribution in [1.82, 2.24) is 0 Å². The Morgan fingerprint density at radius 2 is 1.72 bits per heavy atom. The lowest BCUT2D eigenvalue weighted by atomic mass is 10.1. The molecule has 0 aliphatic carbocycles. The van der Waals surface area contributed by atoms with Crippen LogP contribution in [0, 0.1) is 0 Å². The van der Waals surface area contributed by atoms with E-state index in [-0.39, 0.29) is 12.5 Å². The number of hydrogen-bond donors (Lipinski definition) is 1. The molecule has 0 heterocycles. The molecular formula is C22H19Cl2NO4. The van der Waals surface area contributed by atoms with E-state index in [9.17, 15) is 4.79 Å². The number of anilines is 1. The van der Waals surface area contributed by atoms with Crippen LogP contribution in [0.1, 0.15) is 15.9 Å². The van der Waals surface area contributed by atoms with Crippen molar-refractivity contribution in [1.29, 1.82) is 0 Å². The molecule has 0 aliphatic heterocycles. The van der Waals surface area contributed by atoms with E-state index in [0.717, 1.165) is 5.56 Å². The molecule has 7 heteroatoms. The highest BCUT2D eigenvalue weighted by atomic mass is 35.5. The van der Waals surface area contributed by atoms with Gasteiger partial charge in [0.05, 0.1) is 24.9 Å². The minimum atomic E-state index is -0.306. The molecule has 29 heavy (non-hydrogen) atoms. The zero-order valence-corrected chi connectivity index (χ0v) is 17.4. The van der Waals surface area contributed by atoms with Gasteiger partial charge in [-0.15, -0.1) is 0 Å². The lowest BCUT2D eigenvalue weighted by Gasteiger charge is -2.13. The molecule has 0 aromatic heterocycles. The lowest BCUT2D eigenvalue weighted by molar-refractivity contribution is 0.102. The van der Waals surface area contributed by atoms with Gasteiger partial charge in [-0.05, 0) is 48.5 Å². The van der Waals surface area contributed by atoms with Crippen LogP contribution in [0.4, 0.5) is 5.69 Å². The SMILES string of the molecule is COc1cccc(OCc2cc(C(=O)Nc3ccc(Cl)cc3Cl)ccc2OC)c1. The molecule has 0 saturated carbocycles. The van der Waals surface area contributed by atoms with E-state index in [1.165, 1.54) is 0 Å². The molecule has 0 aliphatic rings. The molecule has 0 fully saturated rings. The Balaban J connectivity index is 1.77. The van der Waals surface area contributed by atoms with Crippen LogP contribution >= 0.6 is 23.2 Å². The van der Waals surface area contributed by atoms with Gasteiger partial charge in [0.2, 0.25) is 0 Å². The minimum Gasteiger partial charge on any atom is -0.497 e. The summed E-state index contributed by atoms with van der Waals surface area (Å²) in [7, 11) is 3.16. The smallest absolute Gasteiger partial charge is 0.255 e. The molecule has 0 atom stereocenters. The van der Waals surface area contributed by atoms with Gasteiger partial charge in [0.15, 0.2) is 0 Å². The molecule has 3 rings (SSSR count). The Hall–Kier alpha value is -2.89. The van der Waals surface area contributed by atoms with E-state index in [2.05, 4.69) is 5.32 Å². The third-order valence-corrected chi connectivity index (χ3v) is 4.71. The molecule has 0 radical (unpaired) electrons. The van der Waals surface area contributed by atoms with Crippen LogP contribution in [-0.4, -0.2) is 20.1 Å². The maximum Gasteiger partial charge on any atom is 0.255 e. The number of hydrogen-bond acceptors (Lipinski definition) is 4. The standard InChI is InChI=1S/C22H19Cl2NO4/c1-27-17-4-3-5-18(12-17)29-13-15-10-14(6-9-21(15)28-2)22(26)25-20-8-7-16(23)11-19(20)24/h3-12H,13H2,1-2H3,(H,25,26). The highest BCUT2D eigenvalue weighted by Gasteiger charge is 2.13. The second kappa shape index (κ2) is 9.54. The van der Waals surface area contributed by atoms with Gasteiger partial charge < -0.3 is 19.5 Å². The van der Waals surface area contributed by atoms with E-state index in [1.54, 1.807) is 56.7 Å². The normalized spacial score (nSPS) is 10.3. The van der Waals surface area contributed by atoms with E-state index < -0.39 is 0 Å². The van der Waals surface area contributed by atoms with Crippen molar-refractivity contribution < 1.29 is 19.0 Å². The molecule has 5 nitrogen and oxygen atoms in total. The second-order valence-corrected chi connectivity index (χ2v) is 6.92. The highest BCUT2D eigenvalue weighted by Crippen LogP contribution is 2.27. The van der Waals surface area contributed by atoms with Crippen LogP contribution in [0.5, 0.6) is 17.2 Å². The van der Waals surface area contributed by atoms with Gasteiger partial charge in [-0.25, -0.2) is 0 Å². The first-order valence-electron chi connectivity index (χ1n) is 8.70. The topological polar surface area (TPSA) is 56.8 Å². The number of halogens is 2. The van der Waals surface area contributed by atoms with Gasteiger partial charge >= 0.3 is 0 Å². The van der Waals surface area contributed by atoms with Crippen LogP contribution in [-0.2, 0) is 6.61 Å². The molecule has 0 spiro atoms. The quantitative estimate of drug-likeness (QED) is 0.510. The largest absolute Gasteiger partial charge is 0.497 e. The van der Waals surface area contributed by atoms with Gasteiger partial charge in [-0.3, -0.25) is 4.79 Å². The molecule has 1 amide bonds. The van der Waals surface area contributed by atoms with Gasteiger partial charge in [-0.2, -0.15) is 0 Å². The molecular weight excluding hydrogens is 413 g/mol. The van der Waals surface area contributed by atoms with E-state index in [0.29, 0.717) is 38.5 Å². The maximum atomic E-state index is 12.7.